The Hall–Kier alpha value is -1.14. The summed E-state index contributed by atoms with van der Waals surface area (Å²) >= 11 is 1.76. The van der Waals surface area contributed by atoms with Crippen LogP contribution in [0.25, 0.3) is 0 Å². The van der Waals surface area contributed by atoms with Gasteiger partial charge in [0.25, 0.3) is 0 Å². The molecule has 3 unspecified atom stereocenters. The molecule has 0 saturated carbocycles. The molecule has 2 aliphatic heterocycles. The molecule has 2 N–H and O–H groups in total. The van der Waals surface area contributed by atoms with Crippen LogP contribution in [0.1, 0.15) is 49.7 Å². The highest BCUT2D eigenvalue weighted by molar-refractivity contribution is 7.09. The molecule has 0 spiro atoms. The van der Waals surface area contributed by atoms with Crippen LogP contribution in [0.5, 0.6) is 0 Å². The molecule has 3 heterocycles. The molecule has 2 aliphatic rings. The second kappa shape index (κ2) is 8.11. The zero-order chi connectivity index (χ0) is 16.1. The van der Waals surface area contributed by atoms with Gasteiger partial charge in [0.15, 0.2) is 5.96 Å². The first kappa shape index (κ1) is 16.7. The lowest BCUT2D eigenvalue weighted by Crippen LogP contribution is -2.47. The lowest BCUT2D eigenvalue weighted by atomic mass is 9.96. The average Bonchev–Trinajstić information content (AvgIpc) is 3.24. The van der Waals surface area contributed by atoms with Crippen LogP contribution in [0, 0.1) is 6.92 Å². The molecule has 0 radical (unpaired) electrons. The van der Waals surface area contributed by atoms with E-state index in [1.165, 1.54) is 17.8 Å². The number of aromatic nitrogens is 1. The number of rotatable bonds is 7. The summed E-state index contributed by atoms with van der Waals surface area (Å²) in [5.74, 6) is 0.943. The largest absolute Gasteiger partial charge is 0.373 e. The van der Waals surface area contributed by atoms with Gasteiger partial charge in [0.2, 0.25) is 0 Å². The number of nitrogens with one attached hydrogen (secondary N) is 2. The van der Waals surface area contributed by atoms with E-state index in [0.29, 0.717) is 18.2 Å². The third-order valence-electron chi connectivity index (χ3n) is 4.51. The highest BCUT2D eigenvalue weighted by atomic mass is 32.1. The molecule has 0 amide bonds. The Labute approximate surface area is 142 Å². The number of thiazole rings is 1. The van der Waals surface area contributed by atoms with Gasteiger partial charge < -0.3 is 15.4 Å². The molecule has 2 fully saturated rings. The normalized spacial score (nSPS) is 26.7. The number of unbranched alkanes of at least 4 members (excludes halogenated alkanes) is 1. The van der Waals surface area contributed by atoms with E-state index in [9.17, 15) is 0 Å². The van der Waals surface area contributed by atoms with Crippen LogP contribution < -0.4 is 10.6 Å². The van der Waals surface area contributed by atoms with Gasteiger partial charge in [-0.1, -0.05) is 0 Å². The summed E-state index contributed by atoms with van der Waals surface area (Å²) in [6.45, 7) is 5.92. The monoisotopic (exact) mass is 336 g/mol. The van der Waals surface area contributed by atoms with Gasteiger partial charge in [0.1, 0.15) is 0 Å². The summed E-state index contributed by atoms with van der Waals surface area (Å²) in [7, 11) is 0. The third kappa shape index (κ3) is 4.67. The Morgan fingerprint density at radius 2 is 2.35 bits per heavy atom. The molecule has 1 aromatic rings. The lowest BCUT2D eigenvalue weighted by Gasteiger charge is -2.22. The zero-order valence-electron chi connectivity index (χ0n) is 14.2. The molecule has 2 saturated heterocycles. The van der Waals surface area contributed by atoms with Gasteiger partial charge in [-0.05, 0) is 52.4 Å². The molecular formula is C17H28N4OS. The van der Waals surface area contributed by atoms with Crippen molar-refractivity contribution < 1.29 is 4.74 Å². The second-order valence-electron chi connectivity index (χ2n) is 6.46. The van der Waals surface area contributed by atoms with Gasteiger partial charge in [-0.15, -0.1) is 11.3 Å². The van der Waals surface area contributed by atoms with Crippen LogP contribution in [0.2, 0.25) is 0 Å². The number of aryl methyl sites for hydroxylation is 2. The van der Waals surface area contributed by atoms with Crippen LogP contribution >= 0.6 is 11.3 Å². The third-order valence-corrected chi connectivity index (χ3v) is 5.53. The standard InChI is InChI=1S/C17H28N4OS/c1-3-18-17(21-14-10-13-7-8-15(14)22-13)19-9-5-4-6-16-20-12(2)11-23-16/h11,13-15H,3-10H2,1-2H3,(H2,18,19,21). The second-order valence-corrected chi connectivity index (χ2v) is 7.40. The maximum absolute atomic E-state index is 5.91. The van der Waals surface area contributed by atoms with E-state index < -0.39 is 0 Å². The molecule has 5 nitrogen and oxygen atoms in total. The minimum absolute atomic E-state index is 0.386. The van der Waals surface area contributed by atoms with Crippen molar-refractivity contribution in [1.82, 2.24) is 15.6 Å². The van der Waals surface area contributed by atoms with E-state index in [4.69, 9.17) is 9.73 Å². The quantitative estimate of drug-likeness (QED) is 0.457. The first-order valence-corrected chi connectivity index (χ1v) is 9.74. The summed E-state index contributed by atoms with van der Waals surface area (Å²) in [5.41, 5.74) is 1.13. The molecule has 3 atom stereocenters. The Balaban J connectivity index is 1.39. The van der Waals surface area contributed by atoms with Gasteiger partial charge in [-0.25, -0.2) is 4.98 Å². The number of ether oxygens (including phenoxy) is 1. The van der Waals surface area contributed by atoms with E-state index >= 15 is 0 Å². The number of hydrogen-bond donors (Lipinski definition) is 2. The fraction of sp³-hybridized carbons (Fsp3) is 0.765. The molecule has 23 heavy (non-hydrogen) atoms. The van der Waals surface area contributed by atoms with Gasteiger partial charge in [0.05, 0.1) is 23.3 Å². The van der Waals surface area contributed by atoms with Crippen LogP contribution in [0.3, 0.4) is 0 Å². The maximum Gasteiger partial charge on any atom is 0.191 e. The summed E-state index contributed by atoms with van der Waals surface area (Å²) in [5, 5.41) is 10.3. The Morgan fingerprint density at radius 3 is 3.00 bits per heavy atom. The van der Waals surface area contributed by atoms with Crippen LogP contribution in [-0.4, -0.2) is 42.3 Å². The first-order valence-electron chi connectivity index (χ1n) is 8.86. The number of fused-ring (bicyclic) bond motifs is 2. The predicted octanol–water partition coefficient (Wildman–Crippen LogP) is 2.65. The topological polar surface area (TPSA) is 58.5 Å². The highest BCUT2D eigenvalue weighted by Crippen LogP contribution is 2.34. The fourth-order valence-corrected chi connectivity index (χ4v) is 4.20. The number of aliphatic imine (C=N–C) groups is 1. The zero-order valence-corrected chi connectivity index (χ0v) is 15.0. The van der Waals surface area contributed by atoms with E-state index in [-0.39, 0.29) is 0 Å². The van der Waals surface area contributed by atoms with E-state index in [2.05, 4.69) is 34.8 Å². The smallest absolute Gasteiger partial charge is 0.191 e. The highest BCUT2D eigenvalue weighted by Gasteiger charge is 2.41. The van der Waals surface area contributed by atoms with Crippen LogP contribution in [-0.2, 0) is 11.2 Å². The van der Waals surface area contributed by atoms with E-state index in [1.807, 2.05) is 0 Å². The molecule has 3 rings (SSSR count). The van der Waals surface area contributed by atoms with E-state index in [0.717, 1.165) is 50.4 Å². The van der Waals surface area contributed by atoms with Gasteiger partial charge in [0, 0.05) is 24.2 Å². The number of hydrogen-bond acceptors (Lipinski definition) is 4. The number of guanidine groups is 1. The van der Waals surface area contributed by atoms with Gasteiger partial charge >= 0.3 is 0 Å². The van der Waals surface area contributed by atoms with E-state index in [1.54, 1.807) is 11.3 Å². The van der Waals surface area contributed by atoms with Gasteiger partial charge in [-0.3, -0.25) is 4.99 Å². The minimum Gasteiger partial charge on any atom is -0.373 e. The minimum atomic E-state index is 0.386. The van der Waals surface area contributed by atoms with Crippen LogP contribution in [0.4, 0.5) is 0 Å². The SMILES string of the molecule is CCNC(=NCCCCc1nc(C)cs1)NC1CC2CCC1O2. The van der Waals surface area contributed by atoms with Crippen molar-refractivity contribution in [3.63, 3.8) is 0 Å². The summed E-state index contributed by atoms with van der Waals surface area (Å²) < 4.78 is 5.91. The molecule has 2 bridgehead atoms. The Morgan fingerprint density at radius 1 is 1.43 bits per heavy atom. The van der Waals surface area contributed by atoms with Crippen molar-refractivity contribution >= 4 is 17.3 Å². The Bertz CT molecular complexity index is 530. The summed E-state index contributed by atoms with van der Waals surface area (Å²) in [6, 6.07) is 0.435. The molecule has 6 heteroatoms. The maximum atomic E-state index is 5.91. The predicted molar refractivity (Wildman–Crippen MR) is 95.2 cm³/mol. The lowest BCUT2D eigenvalue weighted by molar-refractivity contribution is 0.0992. The van der Waals surface area contributed by atoms with Crippen LogP contribution in [0.15, 0.2) is 10.4 Å². The van der Waals surface area contributed by atoms with Crippen molar-refractivity contribution in [3.05, 3.63) is 16.1 Å². The van der Waals surface area contributed by atoms with Crippen molar-refractivity contribution in [2.75, 3.05) is 13.1 Å². The molecule has 0 aromatic carbocycles. The fourth-order valence-electron chi connectivity index (χ4n) is 3.38. The van der Waals surface area contributed by atoms with Crippen molar-refractivity contribution in [3.8, 4) is 0 Å². The molecular weight excluding hydrogens is 308 g/mol. The first-order chi connectivity index (χ1) is 11.2. The van der Waals surface area contributed by atoms with Gasteiger partial charge in [-0.2, -0.15) is 0 Å². The Kier molecular flexibility index (Phi) is 5.89. The van der Waals surface area contributed by atoms with Crippen molar-refractivity contribution in [2.45, 2.75) is 70.6 Å². The average molecular weight is 337 g/mol. The summed E-state index contributed by atoms with van der Waals surface area (Å²) in [6.07, 6.45) is 7.72. The molecule has 1 aromatic heterocycles. The van der Waals surface area contributed by atoms with Crippen molar-refractivity contribution in [1.29, 1.82) is 0 Å². The molecule has 128 valence electrons. The van der Waals surface area contributed by atoms with Crippen molar-refractivity contribution in [2.24, 2.45) is 4.99 Å². The summed E-state index contributed by atoms with van der Waals surface area (Å²) in [4.78, 5) is 9.23. The number of nitrogens with zero attached hydrogens (tertiary/aromatic N) is 2. The molecule has 0 aliphatic carbocycles.